The molecule has 0 bridgehead atoms. The Balaban J connectivity index is 2.12. The van der Waals surface area contributed by atoms with Gasteiger partial charge in [0.25, 0.3) is 0 Å². The van der Waals surface area contributed by atoms with Crippen molar-refractivity contribution in [2.24, 2.45) is 5.92 Å². The number of benzene rings is 2. The van der Waals surface area contributed by atoms with Crippen molar-refractivity contribution in [3.8, 4) is 11.8 Å². The molecule has 3 aromatic rings. The van der Waals surface area contributed by atoms with Crippen LogP contribution in [-0.4, -0.2) is 16.0 Å². The lowest BCUT2D eigenvalue weighted by Crippen LogP contribution is -2.30. The average molecular weight is 377 g/mol. The van der Waals surface area contributed by atoms with Crippen LogP contribution in [0.2, 0.25) is 0 Å². The monoisotopic (exact) mass is 377 g/mol. The Morgan fingerprint density at radius 2 is 2.07 bits per heavy atom. The van der Waals surface area contributed by atoms with Gasteiger partial charge in [-0.2, -0.15) is 5.26 Å². The highest BCUT2D eigenvalue weighted by Crippen LogP contribution is 2.35. The molecule has 6 heteroatoms. The van der Waals surface area contributed by atoms with Crippen LogP contribution >= 0.6 is 0 Å². The van der Waals surface area contributed by atoms with Gasteiger partial charge >= 0.3 is 0 Å². The first-order chi connectivity index (χ1) is 13.4. The number of nitriles is 1. The second-order valence-electron chi connectivity index (χ2n) is 7.03. The van der Waals surface area contributed by atoms with Gasteiger partial charge in [0, 0.05) is 23.6 Å². The van der Waals surface area contributed by atoms with E-state index in [0.29, 0.717) is 23.1 Å². The second kappa shape index (κ2) is 8.05. The number of rotatable bonds is 5. The van der Waals surface area contributed by atoms with E-state index in [1.807, 2.05) is 26.0 Å². The first-order valence-electron chi connectivity index (χ1n) is 8.96. The van der Waals surface area contributed by atoms with Crippen LogP contribution in [0.1, 0.15) is 43.0 Å². The van der Waals surface area contributed by atoms with Crippen LogP contribution in [0.15, 0.2) is 48.7 Å². The Bertz CT molecular complexity index is 1070. The minimum atomic E-state index is -0.745. The zero-order valence-corrected chi connectivity index (χ0v) is 15.6. The number of aromatic nitrogens is 1. The predicted octanol–water partition coefficient (Wildman–Crippen LogP) is 4.20. The average Bonchev–Trinajstić information content (AvgIpc) is 2.67. The van der Waals surface area contributed by atoms with Gasteiger partial charge in [0.2, 0.25) is 5.91 Å². The summed E-state index contributed by atoms with van der Waals surface area (Å²) in [6, 6.07) is 12.2. The SMILES string of the molecule is CC(C)CC(=O)NC(c1ccc(F)c(C#N)c1)c1ccc2cccnc2c1O. The molecule has 0 aliphatic rings. The van der Waals surface area contributed by atoms with Gasteiger partial charge in [-0.05, 0) is 29.7 Å². The summed E-state index contributed by atoms with van der Waals surface area (Å²) in [6.45, 7) is 3.86. The van der Waals surface area contributed by atoms with Crippen LogP contribution in [0.25, 0.3) is 10.9 Å². The van der Waals surface area contributed by atoms with Gasteiger partial charge < -0.3 is 10.4 Å². The maximum absolute atomic E-state index is 13.8. The number of phenolic OH excluding ortho intramolecular Hbond substituents is 1. The molecule has 2 aromatic carbocycles. The normalized spacial score (nSPS) is 12.0. The van der Waals surface area contributed by atoms with Crippen molar-refractivity contribution in [1.29, 1.82) is 5.26 Å². The molecule has 0 radical (unpaired) electrons. The van der Waals surface area contributed by atoms with E-state index in [0.717, 1.165) is 5.39 Å². The van der Waals surface area contributed by atoms with Gasteiger partial charge in [0.1, 0.15) is 23.2 Å². The molecule has 5 nitrogen and oxygen atoms in total. The zero-order valence-electron chi connectivity index (χ0n) is 15.6. The first-order valence-corrected chi connectivity index (χ1v) is 8.96. The summed E-state index contributed by atoms with van der Waals surface area (Å²) in [5.74, 6) is -0.752. The van der Waals surface area contributed by atoms with Crippen LogP contribution in [0.4, 0.5) is 4.39 Å². The molecule has 142 valence electrons. The molecule has 1 unspecified atom stereocenters. The molecule has 0 saturated carbocycles. The third-order valence-corrected chi connectivity index (χ3v) is 4.43. The van der Waals surface area contributed by atoms with Crippen molar-refractivity contribution in [2.45, 2.75) is 26.3 Å². The van der Waals surface area contributed by atoms with Gasteiger partial charge in [-0.15, -0.1) is 0 Å². The van der Waals surface area contributed by atoms with Crippen LogP contribution in [-0.2, 0) is 4.79 Å². The summed E-state index contributed by atoms with van der Waals surface area (Å²) in [5, 5.41) is 23.6. The standard InChI is InChI=1S/C22H20FN3O2/c1-13(2)10-19(27)26-20(15-6-8-18(23)16(11-15)12-24)17-7-5-14-4-3-9-25-21(14)22(17)28/h3-9,11,13,20,28H,10H2,1-2H3,(H,26,27). The quantitative estimate of drug-likeness (QED) is 0.698. The number of fused-ring (bicyclic) bond motifs is 1. The number of amides is 1. The Hall–Kier alpha value is -3.46. The number of pyridine rings is 1. The number of hydrogen-bond donors (Lipinski definition) is 2. The van der Waals surface area contributed by atoms with Crippen molar-refractivity contribution < 1.29 is 14.3 Å². The molecule has 0 aliphatic carbocycles. The third-order valence-electron chi connectivity index (χ3n) is 4.43. The lowest BCUT2D eigenvalue weighted by atomic mass is 9.94. The molecule has 0 aliphatic heterocycles. The van der Waals surface area contributed by atoms with Crippen molar-refractivity contribution in [1.82, 2.24) is 10.3 Å². The van der Waals surface area contributed by atoms with Crippen molar-refractivity contribution in [2.75, 3.05) is 0 Å². The molecule has 1 atom stereocenters. The van der Waals surface area contributed by atoms with Gasteiger partial charge in [-0.1, -0.05) is 38.1 Å². The lowest BCUT2D eigenvalue weighted by Gasteiger charge is -2.22. The smallest absolute Gasteiger partial charge is 0.221 e. The fourth-order valence-corrected chi connectivity index (χ4v) is 3.12. The Morgan fingerprint density at radius 1 is 1.29 bits per heavy atom. The molecular weight excluding hydrogens is 357 g/mol. The molecule has 1 aromatic heterocycles. The third kappa shape index (κ3) is 3.94. The van der Waals surface area contributed by atoms with Crippen molar-refractivity contribution in [3.63, 3.8) is 0 Å². The highest BCUT2D eigenvalue weighted by molar-refractivity contribution is 5.86. The van der Waals surface area contributed by atoms with E-state index in [9.17, 15) is 14.3 Å². The van der Waals surface area contributed by atoms with Crippen molar-refractivity contribution >= 4 is 16.8 Å². The first kappa shape index (κ1) is 19.3. The Morgan fingerprint density at radius 3 is 2.79 bits per heavy atom. The van der Waals surface area contributed by atoms with Crippen LogP contribution in [0.5, 0.6) is 5.75 Å². The van der Waals surface area contributed by atoms with Gasteiger partial charge in [-0.25, -0.2) is 4.39 Å². The van der Waals surface area contributed by atoms with Gasteiger partial charge in [-0.3, -0.25) is 9.78 Å². The minimum Gasteiger partial charge on any atom is -0.505 e. The summed E-state index contributed by atoms with van der Waals surface area (Å²) in [7, 11) is 0. The van der Waals surface area contributed by atoms with Crippen LogP contribution < -0.4 is 5.32 Å². The summed E-state index contributed by atoms with van der Waals surface area (Å²) >= 11 is 0. The van der Waals surface area contributed by atoms with Crippen molar-refractivity contribution in [3.05, 3.63) is 71.2 Å². The second-order valence-corrected chi connectivity index (χ2v) is 7.03. The summed E-state index contributed by atoms with van der Waals surface area (Å²) in [4.78, 5) is 16.7. The molecule has 3 rings (SSSR count). The summed E-state index contributed by atoms with van der Waals surface area (Å²) in [5.41, 5.74) is 1.21. The zero-order chi connectivity index (χ0) is 20.3. The minimum absolute atomic E-state index is 0.0595. The maximum Gasteiger partial charge on any atom is 0.221 e. The Kier molecular flexibility index (Phi) is 5.55. The summed E-state index contributed by atoms with van der Waals surface area (Å²) in [6.07, 6.45) is 1.87. The number of nitrogens with one attached hydrogen (secondary N) is 1. The maximum atomic E-state index is 13.8. The van der Waals surface area contributed by atoms with E-state index in [1.54, 1.807) is 24.4 Å². The number of carbonyl (C=O) groups is 1. The number of carbonyl (C=O) groups excluding carboxylic acids is 1. The van der Waals surface area contributed by atoms with Gasteiger partial charge in [0.05, 0.1) is 11.6 Å². The molecular formula is C22H20FN3O2. The molecule has 1 amide bonds. The van der Waals surface area contributed by atoms with E-state index in [4.69, 9.17) is 5.26 Å². The fraction of sp³-hybridized carbons (Fsp3) is 0.227. The molecule has 0 fully saturated rings. The number of phenols is 1. The summed E-state index contributed by atoms with van der Waals surface area (Å²) < 4.78 is 13.8. The van der Waals surface area contributed by atoms with Crippen LogP contribution in [0, 0.1) is 23.1 Å². The fourth-order valence-electron chi connectivity index (χ4n) is 3.12. The highest BCUT2D eigenvalue weighted by atomic mass is 19.1. The van der Waals surface area contributed by atoms with E-state index in [2.05, 4.69) is 10.3 Å². The molecule has 0 spiro atoms. The van der Waals surface area contributed by atoms with E-state index >= 15 is 0 Å². The predicted molar refractivity (Wildman–Crippen MR) is 104 cm³/mol. The largest absolute Gasteiger partial charge is 0.505 e. The van der Waals surface area contributed by atoms with E-state index in [-0.39, 0.29) is 23.1 Å². The lowest BCUT2D eigenvalue weighted by molar-refractivity contribution is -0.122. The van der Waals surface area contributed by atoms with Gasteiger partial charge in [0.15, 0.2) is 0 Å². The number of aromatic hydroxyl groups is 1. The molecule has 28 heavy (non-hydrogen) atoms. The van der Waals surface area contributed by atoms with E-state index < -0.39 is 11.9 Å². The molecule has 2 N–H and O–H groups in total. The van der Waals surface area contributed by atoms with E-state index in [1.165, 1.54) is 18.2 Å². The van der Waals surface area contributed by atoms with Crippen LogP contribution in [0.3, 0.4) is 0 Å². The number of hydrogen-bond acceptors (Lipinski definition) is 4. The topological polar surface area (TPSA) is 86.0 Å². The Labute approximate surface area is 162 Å². The molecule has 1 heterocycles. The number of nitrogens with zero attached hydrogens (tertiary/aromatic N) is 2. The highest BCUT2D eigenvalue weighted by Gasteiger charge is 2.23. The number of halogens is 1. The molecule has 0 saturated heterocycles.